The lowest BCUT2D eigenvalue weighted by molar-refractivity contribution is 0.0660. The minimum Gasteiger partial charge on any atom is -0.475 e. The Hall–Kier alpha value is -2.50. The number of carbonyl (C=O) groups is 2. The summed E-state index contributed by atoms with van der Waals surface area (Å²) in [6, 6.07) is 4.22. The van der Waals surface area contributed by atoms with Crippen LogP contribution < -0.4 is 0 Å². The van der Waals surface area contributed by atoms with Gasteiger partial charge in [0.05, 0.1) is 17.0 Å². The number of carbonyl (C=O) groups excluding carboxylic acids is 1. The molecular weight excluding hydrogens is 248 g/mol. The molecule has 0 unspecified atom stereocenters. The summed E-state index contributed by atoms with van der Waals surface area (Å²) >= 11 is 0. The molecule has 19 heavy (non-hydrogen) atoms. The van der Waals surface area contributed by atoms with Crippen molar-refractivity contribution in [3.05, 3.63) is 46.7 Å². The lowest BCUT2D eigenvalue weighted by Gasteiger charge is -2.04. The molecule has 0 aromatic carbocycles. The average Bonchev–Trinajstić information content (AvgIpc) is 2.87. The summed E-state index contributed by atoms with van der Waals surface area (Å²) < 4.78 is 5.00. The van der Waals surface area contributed by atoms with Gasteiger partial charge in [-0.2, -0.15) is 10.2 Å². The van der Waals surface area contributed by atoms with Crippen molar-refractivity contribution < 1.29 is 19.1 Å². The highest BCUT2D eigenvalue weighted by molar-refractivity contribution is 6.08. The van der Waals surface area contributed by atoms with Crippen LogP contribution in [-0.4, -0.2) is 27.1 Å². The van der Waals surface area contributed by atoms with Crippen LogP contribution in [0.5, 0.6) is 0 Å². The third-order valence-electron chi connectivity index (χ3n) is 2.61. The van der Waals surface area contributed by atoms with Crippen molar-refractivity contribution >= 4 is 11.8 Å². The first kappa shape index (κ1) is 12.9. The summed E-state index contributed by atoms with van der Waals surface area (Å²) in [4.78, 5) is 23.0. The number of furan rings is 1. The van der Waals surface area contributed by atoms with Crippen LogP contribution in [0, 0.1) is 6.92 Å². The van der Waals surface area contributed by atoms with E-state index in [0.29, 0.717) is 23.4 Å². The third kappa shape index (κ3) is 2.52. The Morgan fingerprint density at radius 2 is 1.95 bits per heavy atom. The number of carboxylic acids is 1. The molecule has 0 saturated heterocycles. The maximum atomic E-state index is 12.3. The van der Waals surface area contributed by atoms with Crippen molar-refractivity contribution in [1.29, 1.82) is 0 Å². The molecule has 2 rings (SSSR count). The Morgan fingerprint density at radius 3 is 2.53 bits per heavy atom. The fourth-order valence-electron chi connectivity index (χ4n) is 1.68. The van der Waals surface area contributed by atoms with Gasteiger partial charge < -0.3 is 9.52 Å². The van der Waals surface area contributed by atoms with E-state index in [2.05, 4.69) is 10.2 Å². The molecule has 98 valence electrons. The number of aryl methyl sites for hydroxylation is 2. The van der Waals surface area contributed by atoms with Gasteiger partial charge in [-0.3, -0.25) is 4.79 Å². The molecule has 6 heteroatoms. The van der Waals surface area contributed by atoms with Gasteiger partial charge in [-0.1, -0.05) is 6.92 Å². The van der Waals surface area contributed by atoms with E-state index < -0.39 is 5.97 Å². The standard InChI is InChI=1S/C13H12N2O4/c1-3-9-8(6-7(2)14-15-9)12(16)10-4-5-11(19-10)13(17)18/h4-6H,3H2,1-2H3,(H,17,18). The minimum absolute atomic E-state index is 0.0144. The van der Waals surface area contributed by atoms with Crippen LogP contribution in [-0.2, 0) is 6.42 Å². The molecule has 0 bridgehead atoms. The monoisotopic (exact) mass is 260 g/mol. The molecule has 0 radical (unpaired) electrons. The first-order chi connectivity index (χ1) is 9.02. The molecule has 0 amide bonds. The second-order valence-electron chi connectivity index (χ2n) is 4.00. The number of hydrogen-bond donors (Lipinski definition) is 1. The second kappa shape index (κ2) is 5.01. The van der Waals surface area contributed by atoms with Crippen molar-refractivity contribution in [2.75, 3.05) is 0 Å². The number of rotatable bonds is 4. The maximum absolute atomic E-state index is 12.3. The lowest BCUT2D eigenvalue weighted by Crippen LogP contribution is -2.08. The van der Waals surface area contributed by atoms with E-state index in [-0.39, 0.29) is 17.3 Å². The van der Waals surface area contributed by atoms with Crippen LogP contribution in [0.1, 0.15) is 45.0 Å². The molecule has 0 saturated carbocycles. The molecule has 2 heterocycles. The molecule has 2 aromatic heterocycles. The first-order valence-corrected chi connectivity index (χ1v) is 5.74. The fourth-order valence-corrected chi connectivity index (χ4v) is 1.68. The number of ketones is 1. The van der Waals surface area contributed by atoms with Crippen LogP contribution in [0.2, 0.25) is 0 Å². The summed E-state index contributed by atoms with van der Waals surface area (Å²) in [5.41, 5.74) is 1.57. The fraction of sp³-hybridized carbons (Fsp3) is 0.231. The topological polar surface area (TPSA) is 93.3 Å². The van der Waals surface area contributed by atoms with E-state index in [1.165, 1.54) is 12.1 Å². The zero-order chi connectivity index (χ0) is 14.0. The zero-order valence-electron chi connectivity index (χ0n) is 10.5. The van der Waals surface area contributed by atoms with Crippen LogP contribution in [0.3, 0.4) is 0 Å². The van der Waals surface area contributed by atoms with Gasteiger partial charge in [-0.25, -0.2) is 4.79 Å². The molecular formula is C13H12N2O4. The molecule has 0 spiro atoms. The summed E-state index contributed by atoms with van der Waals surface area (Å²) in [5, 5.41) is 16.6. The molecule has 0 atom stereocenters. The molecule has 0 aliphatic carbocycles. The smallest absolute Gasteiger partial charge is 0.371 e. The minimum atomic E-state index is -1.21. The third-order valence-corrected chi connectivity index (χ3v) is 2.61. The largest absolute Gasteiger partial charge is 0.475 e. The highest BCUT2D eigenvalue weighted by Gasteiger charge is 2.20. The summed E-state index contributed by atoms with van der Waals surface area (Å²) in [5.74, 6) is -1.87. The quantitative estimate of drug-likeness (QED) is 0.843. The first-order valence-electron chi connectivity index (χ1n) is 5.74. The van der Waals surface area contributed by atoms with Crippen molar-refractivity contribution in [1.82, 2.24) is 10.2 Å². The van der Waals surface area contributed by atoms with Gasteiger partial charge in [-0.15, -0.1) is 0 Å². The van der Waals surface area contributed by atoms with Crippen molar-refractivity contribution in [2.45, 2.75) is 20.3 Å². The Balaban J connectivity index is 2.43. The van der Waals surface area contributed by atoms with Crippen LogP contribution in [0.4, 0.5) is 0 Å². The lowest BCUT2D eigenvalue weighted by atomic mass is 10.1. The Morgan fingerprint density at radius 1 is 1.26 bits per heavy atom. The number of aromatic nitrogens is 2. The second-order valence-corrected chi connectivity index (χ2v) is 4.00. The van der Waals surface area contributed by atoms with Gasteiger partial charge in [0.1, 0.15) is 0 Å². The number of carboxylic acid groups (broad SMARTS) is 1. The normalized spacial score (nSPS) is 10.4. The summed E-state index contributed by atoms with van der Waals surface area (Å²) in [6.45, 7) is 3.59. The summed E-state index contributed by atoms with van der Waals surface area (Å²) in [7, 11) is 0. The zero-order valence-corrected chi connectivity index (χ0v) is 10.5. The van der Waals surface area contributed by atoms with Gasteiger partial charge >= 0.3 is 5.97 Å². The Labute approximate surface area is 109 Å². The molecule has 2 aromatic rings. The van der Waals surface area contributed by atoms with Gasteiger partial charge in [0.2, 0.25) is 11.5 Å². The van der Waals surface area contributed by atoms with E-state index in [1.54, 1.807) is 13.0 Å². The van der Waals surface area contributed by atoms with E-state index in [9.17, 15) is 9.59 Å². The highest BCUT2D eigenvalue weighted by Crippen LogP contribution is 2.16. The maximum Gasteiger partial charge on any atom is 0.371 e. The van der Waals surface area contributed by atoms with E-state index >= 15 is 0 Å². The molecule has 1 N–H and O–H groups in total. The summed E-state index contributed by atoms with van der Waals surface area (Å²) in [6.07, 6.45) is 0.556. The van der Waals surface area contributed by atoms with E-state index in [0.717, 1.165) is 0 Å². The number of nitrogens with zero attached hydrogens (tertiary/aromatic N) is 2. The highest BCUT2D eigenvalue weighted by atomic mass is 16.4. The van der Waals surface area contributed by atoms with Gasteiger partial charge in [0.15, 0.2) is 5.76 Å². The Kier molecular flexibility index (Phi) is 3.41. The van der Waals surface area contributed by atoms with Gasteiger partial charge in [0.25, 0.3) is 0 Å². The van der Waals surface area contributed by atoms with Crippen molar-refractivity contribution in [2.24, 2.45) is 0 Å². The number of aromatic carboxylic acids is 1. The Bertz CT molecular complexity index is 646. The van der Waals surface area contributed by atoms with E-state index in [1.807, 2.05) is 6.92 Å². The van der Waals surface area contributed by atoms with E-state index in [4.69, 9.17) is 9.52 Å². The number of hydrogen-bond acceptors (Lipinski definition) is 5. The average molecular weight is 260 g/mol. The predicted octanol–water partition coefficient (Wildman–Crippen LogP) is 1.87. The molecule has 0 aliphatic rings. The van der Waals surface area contributed by atoms with Crippen molar-refractivity contribution in [3.63, 3.8) is 0 Å². The van der Waals surface area contributed by atoms with Crippen LogP contribution >= 0.6 is 0 Å². The van der Waals surface area contributed by atoms with Gasteiger partial charge in [0, 0.05) is 0 Å². The SMILES string of the molecule is CCc1nnc(C)cc1C(=O)c1ccc(C(=O)O)o1. The molecule has 6 nitrogen and oxygen atoms in total. The van der Waals surface area contributed by atoms with Crippen LogP contribution in [0.15, 0.2) is 22.6 Å². The van der Waals surface area contributed by atoms with Crippen molar-refractivity contribution in [3.8, 4) is 0 Å². The predicted molar refractivity (Wildman–Crippen MR) is 65.2 cm³/mol. The molecule has 0 aliphatic heterocycles. The van der Waals surface area contributed by atoms with Gasteiger partial charge in [-0.05, 0) is 31.5 Å². The van der Waals surface area contributed by atoms with Crippen LogP contribution in [0.25, 0.3) is 0 Å². The molecule has 0 fully saturated rings.